The topological polar surface area (TPSA) is 12.9 Å². The van der Waals surface area contributed by atoms with Crippen molar-refractivity contribution in [3.8, 4) is 21.7 Å². The average Bonchev–Trinajstić information content (AvgIpc) is 3.14. The third-order valence-electron chi connectivity index (χ3n) is 6.98. The summed E-state index contributed by atoms with van der Waals surface area (Å²) in [7, 11) is -1.30. The maximum Gasteiger partial charge on any atom is 0.0880 e. The molecule has 0 radical (unpaired) electrons. The van der Waals surface area contributed by atoms with E-state index < -0.39 is 8.07 Å². The molecule has 0 spiro atoms. The van der Waals surface area contributed by atoms with E-state index in [0.29, 0.717) is 5.92 Å². The van der Waals surface area contributed by atoms with Crippen LogP contribution in [0.1, 0.15) is 36.5 Å². The number of benzene rings is 3. The van der Waals surface area contributed by atoms with Crippen molar-refractivity contribution in [2.45, 2.75) is 53.3 Å². The number of fused-ring (bicyclic) bond motifs is 2. The molecule has 1 nitrogen and oxygen atoms in total. The summed E-state index contributed by atoms with van der Waals surface area (Å²) in [6.45, 7) is 16.3. The largest absolute Gasteiger partial charge is 0.255 e. The van der Waals surface area contributed by atoms with Crippen molar-refractivity contribution in [1.82, 2.24) is 4.98 Å². The number of aryl methyl sites for hydroxylation is 2. The van der Waals surface area contributed by atoms with Gasteiger partial charge in [-0.3, -0.25) is 4.98 Å². The van der Waals surface area contributed by atoms with E-state index in [1.165, 1.54) is 58.7 Å². The molecular formula is C31H33NSSi. The number of thiophene rings is 1. The Labute approximate surface area is 208 Å². The fourth-order valence-electron chi connectivity index (χ4n) is 5.00. The first-order valence-electron chi connectivity index (χ1n) is 12.2. The lowest BCUT2D eigenvalue weighted by Crippen LogP contribution is -2.37. The van der Waals surface area contributed by atoms with Crippen molar-refractivity contribution in [3.05, 3.63) is 83.6 Å². The average molecular weight is 480 g/mol. The summed E-state index contributed by atoms with van der Waals surface area (Å²) in [5.41, 5.74) is 7.72. The molecular weight excluding hydrogens is 447 g/mol. The highest BCUT2D eigenvalue weighted by Crippen LogP contribution is 2.43. The van der Waals surface area contributed by atoms with Crippen molar-refractivity contribution in [2.24, 2.45) is 0 Å². The maximum atomic E-state index is 4.92. The fourth-order valence-corrected chi connectivity index (χ4v) is 7.48. The van der Waals surface area contributed by atoms with Gasteiger partial charge < -0.3 is 0 Å². The lowest BCUT2D eigenvalue weighted by molar-refractivity contribution is 0.876. The summed E-state index contributed by atoms with van der Waals surface area (Å²) in [5, 5.41) is 5.51. The second kappa shape index (κ2) is 8.48. The standard InChI is InChI=1S/C31H33NSSi/c1-19(2)27-18-24(17-23-10-8-9-20(3)28(23)27)29-31-26(15-16-32-29)21(4)30(33-31)22-11-13-25(14-12-22)34(5,6)7/h8-19H,1-7H3. The highest BCUT2D eigenvalue weighted by Gasteiger charge is 2.19. The van der Waals surface area contributed by atoms with E-state index in [2.05, 4.69) is 108 Å². The second-order valence-electron chi connectivity index (χ2n) is 10.8. The lowest BCUT2D eigenvalue weighted by Gasteiger charge is -2.16. The van der Waals surface area contributed by atoms with Gasteiger partial charge in [-0.05, 0) is 76.4 Å². The van der Waals surface area contributed by atoms with Crippen LogP contribution in [0, 0.1) is 13.8 Å². The maximum absolute atomic E-state index is 4.92. The van der Waals surface area contributed by atoms with Crippen LogP contribution in [0.3, 0.4) is 0 Å². The van der Waals surface area contributed by atoms with Crippen LogP contribution in [-0.4, -0.2) is 13.1 Å². The van der Waals surface area contributed by atoms with E-state index in [1.807, 2.05) is 17.5 Å². The Balaban J connectivity index is 1.70. The first-order chi connectivity index (χ1) is 16.1. The molecule has 3 heteroatoms. The summed E-state index contributed by atoms with van der Waals surface area (Å²) in [5.74, 6) is 0.452. The Bertz CT molecular complexity index is 1520. The first kappa shape index (κ1) is 23.0. The van der Waals surface area contributed by atoms with E-state index in [-0.39, 0.29) is 0 Å². The van der Waals surface area contributed by atoms with Crippen LogP contribution in [0.4, 0.5) is 0 Å². The summed E-state index contributed by atoms with van der Waals surface area (Å²) in [6.07, 6.45) is 1.98. The van der Waals surface area contributed by atoms with Crippen molar-refractivity contribution in [1.29, 1.82) is 0 Å². The molecule has 0 fully saturated rings. The minimum Gasteiger partial charge on any atom is -0.255 e. The molecule has 34 heavy (non-hydrogen) atoms. The molecule has 2 aromatic heterocycles. The van der Waals surface area contributed by atoms with Crippen molar-refractivity contribution in [3.63, 3.8) is 0 Å². The highest BCUT2D eigenvalue weighted by atomic mass is 32.1. The van der Waals surface area contributed by atoms with E-state index in [1.54, 1.807) is 0 Å². The molecule has 3 aromatic carbocycles. The molecule has 172 valence electrons. The van der Waals surface area contributed by atoms with Crippen molar-refractivity contribution in [2.75, 3.05) is 0 Å². The molecule has 5 aromatic rings. The molecule has 0 atom stereocenters. The monoisotopic (exact) mass is 479 g/mol. The van der Waals surface area contributed by atoms with Crippen molar-refractivity contribution >= 4 is 45.5 Å². The zero-order valence-corrected chi connectivity index (χ0v) is 23.1. The van der Waals surface area contributed by atoms with Gasteiger partial charge in [0, 0.05) is 16.6 Å². The third kappa shape index (κ3) is 3.91. The van der Waals surface area contributed by atoms with E-state index in [9.17, 15) is 0 Å². The Morgan fingerprint density at radius 1 is 0.853 bits per heavy atom. The zero-order chi connectivity index (χ0) is 24.2. The van der Waals surface area contributed by atoms with Gasteiger partial charge in [0.25, 0.3) is 0 Å². The number of hydrogen-bond donors (Lipinski definition) is 0. The summed E-state index contributed by atoms with van der Waals surface area (Å²) in [6, 6.07) is 22.8. The van der Waals surface area contributed by atoms with Crippen LogP contribution in [0.25, 0.3) is 42.6 Å². The van der Waals surface area contributed by atoms with Crippen LogP contribution in [0.2, 0.25) is 19.6 Å². The molecule has 0 aliphatic rings. The predicted molar refractivity (Wildman–Crippen MR) is 155 cm³/mol. The van der Waals surface area contributed by atoms with Crippen LogP contribution in [0.15, 0.2) is 66.9 Å². The van der Waals surface area contributed by atoms with Gasteiger partial charge in [0.1, 0.15) is 0 Å². The molecule has 0 aliphatic carbocycles. The van der Waals surface area contributed by atoms with Gasteiger partial charge in [-0.1, -0.05) is 81.1 Å². The lowest BCUT2D eigenvalue weighted by atomic mass is 9.90. The van der Waals surface area contributed by atoms with Crippen molar-refractivity contribution < 1.29 is 0 Å². The molecule has 5 rings (SSSR count). The first-order valence-corrected chi connectivity index (χ1v) is 16.5. The number of pyridine rings is 1. The summed E-state index contributed by atoms with van der Waals surface area (Å²) >= 11 is 1.88. The van der Waals surface area contributed by atoms with Gasteiger partial charge in [0.2, 0.25) is 0 Å². The Morgan fingerprint density at radius 2 is 1.59 bits per heavy atom. The van der Waals surface area contributed by atoms with Gasteiger partial charge in [-0.15, -0.1) is 11.3 Å². The Kier molecular flexibility index (Phi) is 5.74. The molecule has 0 saturated carbocycles. The van der Waals surface area contributed by atoms with Crippen LogP contribution < -0.4 is 5.19 Å². The molecule has 0 saturated heterocycles. The minimum absolute atomic E-state index is 0.452. The smallest absolute Gasteiger partial charge is 0.0880 e. The third-order valence-corrected chi connectivity index (χ3v) is 10.4. The van der Waals surface area contributed by atoms with Gasteiger partial charge in [-0.2, -0.15) is 0 Å². The number of aromatic nitrogens is 1. The quantitative estimate of drug-likeness (QED) is 0.234. The van der Waals surface area contributed by atoms with Gasteiger partial charge >= 0.3 is 0 Å². The Hall–Kier alpha value is -2.75. The van der Waals surface area contributed by atoms with E-state index >= 15 is 0 Å². The number of nitrogens with zero attached hydrogens (tertiary/aromatic N) is 1. The SMILES string of the molecule is Cc1c(-c2ccc([Si](C)(C)C)cc2)sc2c(-c3cc(C(C)C)c4c(C)cccc4c3)nccc12. The van der Waals surface area contributed by atoms with E-state index in [4.69, 9.17) is 4.98 Å². The molecule has 2 heterocycles. The molecule has 0 amide bonds. The van der Waals surface area contributed by atoms with E-state index in [0.717, 1.165) is 5.69 Å². The molecule has 0 N–H and O–H groups in total. The normalized spacial score (nSPS) is 12.2. The summed E-state index contributed by atoms with van der Waals surface area (Å²) < 4.78 is 1.28. The fraction of sp³-hybridized carbons (Fsp3) is 0.258. The summed E-state index contributed by atoms with van der Waals surface area (Å²) in [4.78, 5) is 6.27. The second-order valence-corrected chi connectivity index (χ2v) is 16.9. The number of rotatable bonds is 4. The molecule has 0 unspecified atom stereocenters. The van der Waals surface area contributed by atoms with Gasteiger partial charge in [0.15, 0.2) is 0 Å². The number of hydrogen-bond acceptors (Lipinski definition) is 2. The predicted octanol–water partition coefficient (Wildman–Crippen LogP) is 9.07. The van der Waals surface area contributed by atoms with Crippen LogP contribution in [-0.2, 0) is 0 Å². The minimum atomic E-state index is -1.30. The van der Waals surface area contributed by atoms with Crippen LogP contribution >= 0.6 is 11.3 Å². The highest BCUT2D eigenvalue weighted by molar-refractivity contribution is 7.23. The van der Waals surface area contributed by atoms with Gasteiger partial charge in [-0.25, -0.2) is 0 Å². The molecule has 0 bridgehead atoms. The Morgan fingerprint density at radius 3 is 2.26 bits per heavy atom. The van der Waals surface area contributed by atoms with Crippen LogP contribution in [0.5, 0.6) is 0 Å². The zero-order valence-electron chi connectivity index (χ0n) is 21.3. The molecule has 0 aliphatic heterocycles. The van der Waals surface area contributed by atoms with Gasteiger partial charge in [0.05, 0.1) is 18.5 Å².